The summed E-state index contributed by atoms with van der Waals surface area (Å²) < 4.78 is 9.93. The fourth-order valence-corrected chi connectivity index (χ4v) is 1.54. The zero-order valence-electron chi connectivity index (χ0n) is 8.08. The van der Waals surface area contributed by atoms with Gasteiger partial charge in [-0.1, -0.05) is 12.1 Å². The van der Waals surface area contributed by atoms with Gasteiger partial charge in [-0.15, -0.1) is 5.10 Å². The van der Waals surface area contributed by atoms with Gasteiger partial charge in [0.1, 0.15) is 17.5 Å². The van der Waals surface area contributed by atoms with Crippen LogP contribution in [0.2, 0.25) is 0 Å². The third kappa shape index (κ3) is 1.22. The molecule has 78 valence electrons. The van der Waals surface area contributed by atoms with Crippen LogP contribution in [0.15, 0.2) is 50.5 Å². The average Bonchev–Trinajstić information content (AvgIpc) is 2.83. The molecular formula is C11H6N2O3. The van der Waals surface area contributed by atoms with E-state index in [0.29, 0.717) is 22.2 Å². The van der Waals surface area contributed by atoms with Crippen molar-refractivity contribution in [1.29, 1.82) is 0 Å². The normalized spacial score (nSPS) is 10.8. The van der Waals surface area contributed by atoms with Crippen molar-refractivity contribution < 1.29 is 8.94 Å². The zero-order chi connectivity index (χ0) is 11.0. The summed E-state index contributed by atoms with van der Waals surface area (Å²) in [5.74, 6) is 0. The second-order valence-electron chi connectivity index (χ2n) is 3.26. The lowest BCUT2D eigenvalue weighted by atomic mass is 10.1. The number of hydrogen-bond donors (Lipinski definition) is 0. The Morgan fingerprint density at radius 2 is 2.00 bits per heavy atom. The predicted octanol–water partition coefficient (Wildman–Crippen LogP) is 1.84. The maximum Gasteiger partial charge on any atom is 0.202 e. The molecule has 5 nitrogen and oxygen atoms in total. The number of nitrogens with zero attached hydrogens (tertiary/aromatic N) is 2. The van der Waals surface area contributed by atoms with E-state index in [9.17, 15) is 4.79 Å². The highest BCUT2D eigenvalue weighted by Gasteiger charge is 2.11. The van der Waals surface area contributed by atoms with Gasteiger partial charge in [0.25, 0.3) is 0 Å². The zero-order valence-corrected chi connectivity index (χ0v) is 8.08. The Morgan fingerprint density at radius 3 is 2.81 bits per heavy atom. The SMILES string of the molecule is O=c1c(-c2conn2)coc2ccccc12. The summed E-state index contributed by atoms with van der Waals surface area (Å²) in [7, 11) is 0. The first kappa shape index (κ1) is 8.84. The van der Waals surface area contributed by atoms with Gasteiger partial charge in [0.05, 0.1) is 10.9 Å². The topological polar surface area (TPSA) is 69.1 Å². The van der Waals surface area contributed by atoms with Crippen LogP contribution in [0, 0.1) is 0 Å². The monoisotopic (exact) mass is 214 g/mol. The van der Waals surface area contributed by atoms with Crippen LogP contribution in [0.25, 0.3) is 22.2 Å². The van der Waals surface area contributed by atoms with Gasteiger partial charge in [0.2, 0.25) is 5.43 Å². The van der Waals surface area contributed by atoms with Crippen molar-refractivity contribution in [3.05, 3.63) is 47.0 Å². The molecule has 3 aromatic rings. The maximum atomic E-state index is 12.1. The van der Waals surface area contributed by atoms with Crippen molar-refractivity contribution in [3.63, 3.8) is 0 Å². The number of fused-ring (bicyclic) bond motifs is 1. The maximum absolute atomic E-state index is 12.1. The van der Waals surface area contributed by atoms with Crippen molar-refractivity contribution in [2.24, 2.45) is 0 Å². The van der Waals surface area contributed by atoms with Gasteiger partial charge >= 0.3 is 0 Å². The highest BCUT2D eigenvalue weighted by molar-refractivity contribution is 5.80. The molecule has 0 unspecified atom stereocenters. The Labute approximate surface area is 89.3 Å². The number of rotatable bonds is 1. The van der Waals surface area contributed by atoms with Gasteiger partial charge in [-0.2, -0.15) is 0 Å². The summed E-state index contributed by atoms with van der Waals surface area (Å²) in [6.45, 7) is 0. The number of para-hydroxylation sites is 1. The van der Waals surface area contributed by atoms with Crippen molar-refractivity contribution in [3.8, 4) is 11.3 Å². The average molecular weight is 214 g/mol. The smallest absolute Gasteiger partial charge is 0.202 e. The largest absolute Gasteiger partial charge is 0.463 e. The van der Waals surface area contributed by atoms with E-state index in [-0.39, 0.29) is 5.43 Å². The molecule has 0 amide bonds. The first-order valence-corrected chi connectivity index (χ1v) is 4.64. The molecule has 0 saturated heterocycles. The van der Waals surface area contributed by atoms with Gasteiger partial charge in [-0.05, 0) is 12.1 Å². The van der Waals surface area contributed by atoms with Gasteiger partial charge in [-0.3, -0.25) is 4.79 Å². The summed E-state index contributed by atoms with van der Waals surface area (Å²) in [6, 6.07) is 7.03. The van der Waals surface area contributed by atoms with E-state index < -0.39 is 0 Å². The van der Waals surface area contributed by atoms with Crippen LogP contribution in [0.4, 0.5) is 0 Å². The van der Waals surface area contributed by atoms with E-state index in [1.54, 1.807) is 18.2 Å². The fraction of sp³-hybridized carbons (Fsp3) is 0. The molecule has 0 saturated carbocycles. The fourth-order valence-electron chi connectivity index (χ4n) is 1.54. The van der Waals surface area contributed by atoms with Crippen LogP contribution in [0.5, 0.6) is 0 Å². The molecule has 2 aromatic heterocycles. The third-order valence-electron chi connectivity index (χ3n) is 2.32. The van der Waals surface area contributed by atoms with Crippen LogP contribution in [-0.2, 0) is 0 Å². The summed E-state index contributed by atoms with van der Waals surface area (Å²) >= 11 is 0. The molecule has 0 fully saturated rings. The molecule has 0 atom stereocenters. The van der Waals surface area contributed by atoms with Gasteiger partial charge in [0.15, 0.2) is 6.26 Å². The molecule has 2 heterocycles. The molecule has 0 aliphatic heterocycles. The van der Waals surface area contributed by atoms with Crippen LogP contribution in [0.3, 0.4) is 0 Å². The number of hydrogen-bond acceptors (Lipinski definition) is 5. The summed E-state index contributed by atoms with van der Waals surface area (Å²) in [6.07, 6.45) is 2.67. The molecule has 0 bridgehead atoms. The Morgan fingerprint density at radius 1 is 1.12 bits per heavy atom. The Bertz CT molecular complexity index is 686. The van der Waals surface area contributed by atoms with Crippen molar-refractivity contribution in [2.45, 2.75) is 0 Å². The van der Waals surface area contributed by atoms with Crippen molar-refractivity contribution in [1.82, 2.24) is 10.4 Å². The van der Waals surface area contributed by atoms with Gasteiger partial charge in [0, 0.05) is 5.27 Å². The Hall–Kier alpha value is -2.43. The lowest BCUT2D eigenvalue weighted by molar-refractivity contribution is 0.393. The minimum atomic E-state index is -0.141. The van der Waals surface area contributed by atoms with Crippen LogP contribution in [0.1, 0.15) is 0 Å². The Balaban J connectivity index is 2.37. The van der Waals surface area contributed by atoms with E-state index in [1.807, 2.05) is 6.07 Å². The molecule has 1 aromatic carbocycles. The van der Waals surface area contributed by atoms with E-state index in [0.717, 1.165) is 0 Å². The lowest BCUT2D eigenvalue weighted by Gasteiger charge is -1.97. The second-order valence-corrected chi connectivity index (χ2v) is 3.26. The molecule has 0 spiro atoms. The molecule has 3 rings (SSSR count). The molecule has 5 heteroatoms. The molecule has 0 aliphatic rings. The van der Waals surface area contributed by atoms with Gasteiger partial charge < -0.3 is 8.94 Å². The first-order chi connectivity index (χ1) is 7.86. The minimum Gasteiger partial charge on any atom is -0.463 e. The quantitative estimate of drug-likeness (QED) is 0.618. The van der Waals surface area contributed by atoms with Crippen LogP contribution < -0.4 is 5.43 Å². The highest BCUT2D eigenvalue weighted by atomic mass is 16.5. The van der Waals surface area contributed by atoms with E-state index in [2.05, 4.69) is 14.9 Å². The number of aromatic nitrogens is 2. The van der Waals surface area contributed by atoms with Crippen molar-refractivity contribution >= 4 is 11.0 Å². The van der Waals surface area contributed by atoms with Crippen LogP contribution >= 0.6 is 0 Å². The highest BCUT2D eigenvalue weighted by Crippen LogP contribution is 2.16. The van der Waals surface area contributed by atoms with Crippen LogP contribution in [-0.4, -0.2) is 10.4 Å². The molecule has 0 aliphatic carbocycles. The molecule has 16 heavy (non-hydrogen) atoms. The summed E-state index contributed by atoms with van der Waals surface area (Å²) in [5.41, 5.74) is 1.13. The number of benzene rings is 1. The summed E-state index contributed by atoms with van der Waals surface area (Å²) in [5, 5.41) is 7.51. The van der Waals surface area contributed by atoms with E-state index in [1.165, 1.54) is 12.5 Å². The lowest BCUT2D eigenvalue weighted by Crippen LogP contribution is -2.04. The summed E-state index contributed by atoms with van der Waals surface area (Å²) in [4.78, 5) is 12.1. The molecule has 0 radical (unpaired) electrons. The Kier molecular flexibility index (Phi) is 1.83. The second kappa shape index (κ2) is 3.30. The molecular weight excluding hydrogens is 208 g/mol. The minimum absolute atomic E-state index is 0.141. The van der Waals surface area contributed by atoms with Gasteiger partial charge in [-0.25, -0.2) is 0 Å². The standard InChI is InChI=1S/C11H6N2O3/c14-11-7-3-1-2-4-10(7)15-5-8(11)9-6-16-13-12-9/h1-6H. The first-order valence-electron chi connectivity index (χ1n) is 4.64. The van der Waals surface area contributed by atoms with E-state index in [4.69, 9.17) is 4.42 Å². The van der Waals surface area contributed by atoms with E-state index >= 15 is 0 Å². The third-order valence-corrected chi connectivity index (χ3v) is 2.32. The van der Waals surface area contributed by atoms with Crippen molar-refractivity contribution in [2.75, 3.05) is 0 Å². The predicted molar refractivity (Wildman–Crippen MR) is 55.8 cm³/mol. The molecule has 0 N–H and O–H groups in total.